The van der Waals surface area contributed by atoms with Crippen molar-refractivity contribution in [1.29, 1.82) is 0 Å². The Morgan fingerprint density at radius 3 is 2.19 bits per heavy atom. The number of carbonyl (C=O) groups is 1. The highest BCUT2D eigenvalue weighted by Crippen LogP contribution is 2.29. The van der Waals surface area contributed by atoms with Gasteiger partial charge >= 0.3 is 6.09 Å². The normalized spacial score (nSPS) is 14.3. The minimum absolute atomic E-state index is 0.235. The van der Waals surface area contributed by atoms with Gasteiger partial charge in [-0.1, -0.05) is 44.2 Å². The Bertz CT molecular complexity index is 718. The van der Waals surface area contributed by atoms with Gasteiger partial charge in [-0.05, 0) is 32.9 Å². The van der Waals surface area contributed by atoms with Crippen molar-refractivity contribution < 1.29 is 9.53 Å². The van der Waals surface area contributed by atoms with Crippen molar-refractivity contribution in [3.63, 3.8) is 0 Å². The van der Waals surface area contributed by atoms with E-state index in [1.165, 1.54) is 0 Å². The van der Waals surface area contributed by atoms with Gasteiger partial charge in [-0.3, -0.25) is 4.98 Å². The highest BCUT2D eigenvalue weighted by Gasteiger charge is 2.26. The van der Waals surface area contributed by atoms with Crippen LogP contribution in [0.1, 0.15) is 34.6 Å². The van der Waals surface area contributed by atoms with Crippen LogP contribution >= 0.6 is 0 Å². The van der Waals surface area contributed by atoms with Gasteiger partial charge in [0, 0.05) is 37.9 Å². The van der Waals surface area contributed by atoms with Crippen LogP contribution in [0.2, 0.25) is 0 Å². The first-order chi connectivity index (χ1) is 12.9. The standard InChI is InChI=1S/C20H25N3O2.C2H6/c1-20(2,3)25-19(24)23-14-12-22(13-15-23)17-10-7-11-21-18(17)16-8-5-4-6-9-16;1-2/h4-11H,12-15H2,1-3H3;1-2H3. The third-order valence-electron chi connectivity index (χ3n) is 4.11. The second-order valence-corrected chi connectivity index (χ2v) is 7.19. The summed E-state index contributed by atoms with van der Waals surface area (Å²) in [6.45, 7) is 12.5. The molecule has 1 aliphatic rings. The molecule has 0 radical (unpaired) electrons. The lowest BCUT2D eigenvalue weighted by Gasteiger charge is -2.37. The average Bonchev–Trinajstić information content (AvgIpc) is 2.69. The topological polar surface area (TPSA) is 45.7 Å². The summed E-state index contributed by atoms with van der Waals surface area (Å²) in [7, 11) is 0. The van der Waals surface area contributed by atoms with Crippen LogP contribution in [0.5, 0.6) is 0 Å². The molecular formula is C22H31N3O2. The number of anilines is 1. The van der Waals surface area contributed by atoms with Crippen molar-refractivity contribution in [2.24, 2.45) is 0 Å². The van der Waals surface area contributed by atoms with Gasteiger partial charge in [-0.15, -0.1) is 0 Å². The second kappa shape index (κ2) is 9.40. The van der Waals surface area contributed by atoms with Gasteiger partial charge in [0.05, 0.1) is 11.4 Å². The quantitative estimate of drug-likeness (QED) is 0.760. The zero-order valence-corrected chi connectivity index (χ0v) is 17.1. The highest BCUT2D eigenvalue weighted by molar-refractivity contribution is 5.75. The van der Waals surface area contributed by atoms with E-state index >= 15 is 0 Å². The molecule has 146 valence electrons. The number of pyridine rings is 1. The van der Waals surface area contributed by atoms with Crippen LogP contribution < -0.4 is 4.90 Å². The van der Waals surface area contributed by atoms with E-state index in [0.29, 0.717) is 13.1 Å². The maximum absolute atomic E-state index is 12.2. The predicted molar refractivity (Wildman–Crippen MR) is 111 cm³/mol. The SMILES string of the molecule is CC.CC(C)(C)OC(=O)N1CCN(c2cccnc2-c2ccccc2)CC1. The summed E-state index contributed by atoms with van der Waals surface area (Å²) < 4.78 is 5.47. The molecule has 2 heterocycles. The number of hydrogen-bond donors (Lipinski definition) is 0. The minimum Gasteiger partial charge on any atom is -0.444 e. The van der Waals surface area contributed by atoms with Crippen LogP contribution in [0.25, 0.3) is 11.3 Å². The third kappa shape index (κ3) is 5.71. The van der Waals surface area contributed by atoms with Gasteiger partial charge in [0.1, 0.15) is 5.60 Å². The summed E-state index contributed by atoms with van der Waals surface area (Å²) in [4.78, 5) is 20.9. The Morgan fingerprint density at radius 2 is 1.59 bits per heavy atom. The molecule has 0 N–H and O–H groups in total. The van der Waals surface area contributed by atoms with E-state index in [0.717, 1.165) is 30.0 Å². The van der Waals surface area contributed by atoms with Gasteiger partial charge in [-0.25, -0.2) is 4.79 Å². The lowest BCUT2D eigenvalue weighted by Crippen LogP contribution is -2.50. The number of rotatable bonds is 2. The molecule has 1 fully saturated rings. The molecule has 5 heteroatoms. The Hall–Kier alpha value is -2.56. The zero-order chi connectivity index (χ0) is 19.9. The van der Waals surface area contributed by atoms with Crippen molar-refractivity contribution in [1.82, 2.24) is 9.88 Å². The van der Waals surface area contributed by atoms with Crippen molar-refractivity contribution in [3.8, 4) is 11.3 Å². The fraction of sp³-hybridized carbons (Fsp3) is 0.455. The number of aromatic nitrogens is 1. The van der Waals surface area contributed by atoms with Gasteiger partial charge in [-0.2, -0.15) is 0 Å². The van der Waals surface area contributed by atoms with E-state index < -0.39 is 5.60 Å². The molecule has 1 aliphatic heterocycles. The summed E-state index contributed by atoms with van der Waals surface area (Å²) in [5, 5.41) is 0. The van der Waals surface area contributed by atoms with Crippen molar-refractivity contribution >= 4 is 11.8 Å². The summed E-state index contributed by atoms with van der Waals surface area (Å²) in [5.41, 5.74) is 2.73. The number of benzene rings is 1. The number of piperazine rings is 1. The fourth-order valence-corrected chi connectivity index (χ4v) is 2.93. The molecule has 1 aromatic carbocycles. The van der Waals surface area contributed by atoms with Crippen LogP contribution in [-0.4, -0.2) is 47.8 Å². The number of hydrogen-bond acceptors (Lipinski definition) is 4. The molecule has 0 bridgehead atoms. The van der Waals surface area contributed by atoms with E-state index in [4.69, 9.17) is 4.74 Å². The predicted octanol–water partition coefficient (Wildman–Crippen LogP) is 4.83. The molecule has 2 aromatic rings. The Labute approximate surface area is 163 Å². The minimum atomic E-state index is -0.460. The van der Waals surface area contributed by atoms with Gasteiger partial charge in [0.25, 0.3) is 0 Å². The third-order valence-corrected chi connectivity index (χ3v) is 4.11. The molecule has 0 aliphatic carbocycles. The first-order valence-electron chi connectivity index (χ1n) is 9.67. The van der Waals surface area contributed by atoms with E-state index in [9.17, 15) is 4.79 Å². The first-order valence-corrected chi connectivity index (χ1v) is 9.67. The molecule has 0 saturated carbocycles. The molecule has 27 heavy (non-hydrogen) atoms. The smallest absolute Gasteiger partial charge is 0.410 e. The van der Waals surface area contributed by atoms with E-state index in [2.05, 4.69) is 28.1 Å². The van der Waals surface area contributed by atoms with Crippen LogP contribution in [0.15, 0.2) is 48.7 Å². The van der Waals surface area contributed by atoms with E-state index in [-0.39, 0.29) is 6.09 Å². The molecule has 5 nitrogen and oxygen atoms in total. The number of amides is 1. The van der Waals surface area contributed by atoms with E-state index in [1.807, 2.05) is 65.1 Å². The van der Waals surface area contributed by atoms with Crippen LogP contribution in [0.3, 0.4) is 0 Å². The zero-order valence-electron chi connectivity index (χ0n) is 17.1. The number of ether oxygens (including phenoxy) is 1. The molecule has 1 aromatic heterocycles. The molecule has 0 atom stereocenters. The largest absolute Gasteiger partial charge is 0.444 e. The summed E-state index contributed by atoms with van der Waals surface area (Å²) >= 11 is 0. The average molecular weight is 370 g/mol. The van der Waals surface area contributed by atoms with Gasteiger partial charge in [0.2, 0.25) is 0 Å². The Kier molecular flexibility index (Phi) is 7.22. The molecule has 1 saturated heterocycles. The second-order valence-electron chi connectivity index (χ2n) is 7.19. The molecular weight excluding hydrogens is 338 g/mol. The lowest BCUT2D eigenvalue weighted by molar-refractivity contribution is 0.0240. The van der Waals surface area contributed by atoms with Crippen molar-refractivity contribution in [2.45, 2.75) is 40.2 Å². The van der Waals surface area contributed by atoms with Gasteiger partial charge < -0.3 is 14.5 Å². The lowest BCUT2D eigenvalue weighted by atomic mass is 10.1. The molecule has 0 unspecified atom stereocenters. The molecule has 0 spiro atoms. The number of nitrogens with zero attached hydrogens (tertiary/aromatic N) is 3. The summed E-state index contributed by atoms with van der Waals surface area (Å²) in [6, 6.07) is 14.3. The highest BCUT2D eigenvalue weighted by atomic mass is 16.6. The first kappa shape index (κ1) is 20.7. The maximum Gasteiger partial charge on any atom is 0.410 e. The van der Waals surface area contributed by atoms with Crippen LogP contribution in [0, 0.1) is 0 Å². The van der Waals surface area contributed by atoms with Crippen molar-refractivity contribution in [3.05, 3.63) is 48.7 Å². The van der Waals surface area contributed by atoms with Crippen LogP contribution in [0.4, 0.5) is 10.5 Å². The van der Waals surface area contributed by atoms with E-state index in [1.54, 1.807) is 4.90 Å². The molecule has 3 rings (SSSR count). The fourth-order valence-electron chi connectivity index (χ4n) is 2.93. The molecule has 1 amide bonds. The summed E-state index contributed by atoms with van der Waals surface area (Å²) in [6.07, 6.45) is 1.59. The Balaban J connectivity index is 0.00000126. The maximum atomic E-state index is 12.2. The monoisotopic (exact) mass is 369 g/mol. The number of carbonyl (C=O) groups excluding carboxylic acids is 1. The van der Waals surface area contributed by atoms with Gasteiger partial charge in [0.15, 0.2) is 0 Å². The summed E-state index contributed by atoms with van der Waals surface area (Å²) in [5.74, 6) is 0. The Morgan fingerprint density at radius 1 is 0.963 bits per heavy atom. The van der Waals surface area contributed by atoms with Crippen LogP contribution in [-0.2, 0) is 4.74 Å². The van der Waals surface area contributed by atoms with Crippen molar-refractivity contribution in [2.75, 3.05) is 31.1 Å².